The summed E-state index contributed by atoms with van der Waals surface area (Å²) in [7, 11) is 0. The zero-order valence-electron chi connectivity index (χ0n) is 12.2. The van der Waals surface area contributed by atoms with Crippen LogP contribution in [-0.2, 0) is 4.79 Å². The van der Waals surface area contributed by atoms with E-state index in [0.717, 1.165) is 16.8 Å². The van der Waals surface area contributed by atoms with Crippen LogP contribution in [0.25, 0.3) is 6.08 Å². The van der Waals surface area contributed by atoms with Crippen LogP contribution >= 0.6 is 24.0 Å². The second-order valence-corrected chi connectivity index (χ2v) is 6.49. The Morgan fingerprint density at radius 2 is 1.79 bits per heavy atom. The molecule has 4 nitrogen and oxygen atoms in total. The predicted octanol–water partition coefficient (Wildman–Crippen LogP) is 3.77. The molecule has 2 aromatic carbocycles. The van der Waals surface area contributed by atoms with E-state index in [1.54, 1.807) is 36.4 Å². The van der Waals surface area contributed by atoms with Crippen molar-refractivity contribution in [3.8, 4) is 5.75 Å². The van der Waals surface area contributed by atoms with E-state index in [1.807, 2.05) is 0 Å². The number of amides is 1. The summed E-state index contributed by atoms with van der Waals surface area (Å²) in [5, 5.41) is 14.8. The third-order valence-electron chi connectivity index (χ3n) is 3.21. The number of hydrazone groups is 1. The summed E-state index contributed by atoms with van der Waals surface area (Å²) in [6.07, 6.45) is 2.80. The van der Waals surface area contributed by atoms with Crippen LogP contribution in [0.1, 0.15) is 11.1 Å². The van der Waals surface area contributed by atoms with Crippen molar-refractivity contribution in [3.63, 3.8) is 0 Å². The van der Waals surface area contributed by atoms with Gasteiger partial charge in [0.2, 0.25) is 0 Å². The molecule has 0 aliphatic carbocycles. The molecule has 120 valence electrons. The second-order valence-electron chi connectivity index (χ2n) is 4.82. The van der Waals surface area contributed by atoms with Gasteiger partial charge < -0.3 is 5.11 Å². The van der Waals surface area contributed by atoms with Crippen molar-refractivity contribution in [1.82, 2.24) is 5.01 Å². The fraction of sp³-hybridized carbons (Fsp3) is 0. The van der Waals surface area contributed by atoms with Gasteiger partial charge in [-0.05, 0) is 36.5 Å². The predicted molar refractivity (Wildman–Crippen MR) is 97.1 cm³/mol. The van der Waals surface area contributed by atoms with Gasteiger partial charge in [0.05, 0.1) is 11.1 Å². The number of benzene rings is 2. The average molecular weight is 358 g/mol. The number of rotatable bonds is 3. The molecule has 1 aliphatic rings. The molecule has 1 N–H and O–H groups in total. The summed E-state index contributed by atoms with van der Waals surface area (Å²) < 4.78 is 14.0. The van der Waals surface area contributed by atoms with Crippen LogP contribution < -0.4 is 0 Å². The third kappa shape index (κ3) is 3.37. The Bertz CT molecular complexity index is 880. The van der Waals surface area contributed by atoms with Gasteiger partial charge in [-0.3, -0.25) is 4.79 Å². The van der Waals surface area contributed by atoms with Gasteiger partial charge in [0.15, 0.2) is 4.32 Å². The monoisotopic (exact) mass is 358 g/mol. The minimum absolute atomic E-state index is 0.0496. The normalized spacial score (nSPS) is 16.5. The van der Waals surface area contributed by atoms with E-state index in [9.17, 15) is 14.3 Å². The summed E-state index contributed by atoms with van der Waals surface area (Å²) >= 11 is 6.20. The second kappa shape index (κ2) is 6.94. The molecule has 0 saturated carbocycles. The first kappa shape index (κ1) is 16.4. The van der Waals surface area contributed by atoms with Gasteiger partial charge >= 0.3 is 0 Å². The molecule has 0 atom stereocenters. The summed E-state index contributed by atoms with van der Waals surface area (Å²) in [5.41, 5.74) is 0.771. The molecule has 0 spiro atoms. The lowest BCUT2D eigenvalue weighted by atomic mass is 10.2. The van der Waals surface area contributed by atoms with E-state index in [2.05, 4.69) is 5.10 Å². The summed E-state index contributed by atoms with van der Waals surface area (Å²) in [6, 6.07) is 12.8. The zero-order valence-corrected chi connectivity index (χ0v) is 13.9. The highest BCUT2D eigenvalue weighted by Crippen LogP contribution is 2.33. The minimum Gasteiger partial charge on any atom is -0.507 e. The molecule has 1 amide bonds. The summed E-state index contributed by atoms with van der Waals surface area (Å²) in [5.74, 6) is -0.797. The van der Waals surface area contributed by atoms with E-state index < -0.39 is 11.7 Å². The number of para-hydroxylation sites is 1. The van der Waals surface area contributed by atoms with Crippen LogP contribution in [0.5, 0.6) is 5.75 Å². The Hall–Kier alpha value is -2.51. The maximum Gasteiger partial charge on any atom is 0.286 e. The summed E-state index contributed by atoms with van der Waals surface area (Å²) in [6.45, 7) is 0. The van der Waals surface area contributed by atoms with Gasteiger partial charge in [-0.2, -0.15) is 10.1 Å². The number of thioether (sulfide) groups is 1. The van der Waals surface area contributed by atoms with Crippen molar-refractivity contribution in [2.24, 2.45) is 5.10 Å². The number of nitrogens with zero attached hydrogens (tertiary/aromatic N) is 2. The molecule has 0 bridgehead atoms. The van der Waals surface area contributed by atoms with Crippen LogP contribution in [0, 0.1) is 5.82 Å². The Morgan fingerprint density at radius 1 is 1.12 bits per heavy atom. The van der Waals surface area contributed by atoms with Crippen LogP contribution in [0.4, 0.5) is 4.39 Å². The molecule has 2 aromatic rings. The Balaban J connectivity index is 1.85. The van der Waals surface area contributed by atoms with Crippen LogP contribution in [0.3, 0.4) is 0 Å². The van der Waals surface area contributed by atoms with Crippen molar-refractivity contribution in [2.75, 3.05) is 0 Å². The average Bonchev–Trinajstić information content (AvgIpc) is 2.83. The SMILES string of the molecule is O=C1/C(=C\c2ccccc2F)SC(=S)N1/N=C/c1ccccc1O. The summed E-state index contributed by atoms with van der Waals surface area (Å²) in [4.78, 5) is 12.7. The molecule has 24 heavy (non-hydrogen) atoms. The van der Waals surface area contributed by atoms with E-state index >= 15 is 0 Å². The molecule has 0 unspecified atom stereocenters. The lowest BCUT2D eigenvalue weighted by Gasteiger charge is -2.06. The van der Waals surface area contributed by atoms with E-state index in [4.69, 9.17) is 12.2 Å². The molecule has 0 aromatic heterocycles. The largest absolute Gasteiger partial charge is 0.507 e. The molecule has 0 radical (unpaired) electrons. The molecule has 1 saturated heterocycles. The minimum atomic E-state index is -0.431. The molecular formula is C17H11FN2O2S2. The first-order valence-corrected chi connectivity index (χ1v) is 8.13. The molecule has 3 rings (SSSR count). The molecular weight excluding hydrogens is 347 g/mol. The Labute approximate surface area is 147 Å². The number of phenols is 1. The van der Waals surface area contributed by atoms with Gasteiger partial charge in [-0.1, -0.05) is 42.1 Å². The maximum atomic E-state index is 13.7. The van der Waals surface area contributed by atoms with E-state index in [0.29, 0.717) is 16.0 Å². The van der Waals surface area contributed by atoms with Crippen LogP contribution in [-0.4, -0.2) is 26.6 Å². The van der Waals surface area contributed by atoms with Crippen LogP contribution in [0.2, 0.25) is 0 Å². The number of thiocarbonyl (C=S) groups is 1. The van der Waals surface area contributed by atoms with Crippen molar-refractivity contribution in [3.05, 3.63) is 70.4 Å². The Kier molecular flexibility index (Phi) is 4.73. The number of hydrogen-bond acceptors (Lipinski definition) is 5. The third-order valence-corrected chi connectivity index (χ3v) is 4.50. The lowest BCUT2D eigenvalue weighted by molar-refractivity contribution is -0.122. The van der Waals surface area contributed by atoms with Crippen molar-refractivity contribution in [1.29, 1.82) is 0 Å². The first-order valence-electron chi connectivity index (χ1n) is 6.91. The molecule has 1 heterocycles. The number of carbonyl (C=O) groups excluding carboxylic acids is 1. The van der Waals surface area contributed by atoms with Gasteiger partial charge in [0, 0.05) is 11.1 Å². The highest BCUT2D eigenvalue weighted by molar-refractivity contribution is 8.26. The van der Waals surface area contributed by atoms with Crippen molar-refractivity contribution in [2.45, 2.75) is 0 Å². The molecule has 1 fully saturated rings. The topological polar surface area (TPSA) is 52.9 Å². The van der Waals surface area contributed by atoms with Gasteiger partial charge in [0.25, 0.3) is 5.91 Å². The van der Waals surface area contributed by atoms with Gasteiger partial charge in [-0.15, -0.1) is 0 Å². The standard InChI is InChI=1S/C17H11FN2O2S2/c18-13-7-3-1-5-11(13)9-15-16(22)20(17(23)24-15)19-10-12-6-2-4-8-14(12)21/h1-10,21H/b15-9+,19-10+. The highest BCUT2D eigenvalue weighted by atomic mass is 32.2. The van der Waals surface area contributed by atoms with Crippen LogP contribution in [0.15, 0.2) is 58.5 Å². The smallest absolute Gasteiger partial charge is 0.286 e. The van der Waals surface area contributed by atoms with Crippen molar-refractivity contribution < 1.29 is 14.3 Å². The number of phenolic OH excluding ortho intramolecular Hbond substituents is 1. The van der Waals surface area contributed by atoms with Gasteiger partial charge in [0.1, 0.15) is 11.6 Å². The fourth-order valence-corrected chi connectivity index (χ4v) is 3.17. The van der Waals surface area contributed by atoms with Crippen molar-refractivity contribution >= 4 is 46.5 Å². The quantitative estimate of drug-likeness (QED) is 0.516. The van der Waals surface area contributed by atoms with E-state index in [1.165, 1.54) is 24.4 Å². The Morgan fingerprint density at radius 3 is 2.50 bits per heavy atom. The van der Waals surface area contributed by atoms with Gasteiger partial charge in [-0.25, -0.2) is 4.39 Å². The number of hydrogen-bond donors (Lipinski definition) is 1. The zero-order chi connectivity index (χ0) is 17.1. The number of halogens is 1. The number of carbonyl (C=O) groups is 1. The van der Waals surface area contributed by atoms with E-state index in [-0.39, 0.29) is 10.1 Å². The highest BCUT2D eigenvalue weighted by Gasteiger charge is 2.32. The number of aromatic hydroxyl groups is 1. The molecule has 1 aliphatic heterocycles. The fourth-order valence-electron chi connectivity index (χ4n) is 2.01. The molecule has 7 heteroatoms. The lowest BCUT2D eigenvalue weighted by Crippen LogP contribution is -2.22. The maximum absolute atomic E-state index is 13.7. The first-order chi connectivity index (χ1) is 11.6.